The molecular formula is C22H28N2O4. The van der Waals surface area contributed by atoms with Crippen LogP contribution in [0.4, 0.5) is 5.69 Å². The molecule has 0 aliphatic rings. The molecule has 6 heteroatoms. The van der Waals surface area contributed by atoms with Crippen LogP contribution < -0.4 is 20.1 Å². The van der Waals surface area contributed by atoms with Gasteiger partial charge in [-0.2, -0.15) is 0 Å². The molecule has 0 bridgehead atoms. The first-order chi connectivity index (χ1) is 13.2. The third-order valence-corrected chi connectivity index (χ3v) is 4.47. The van der Waals surface area contributed by atoms with Gasteiger partial charge in [-0.15, -0.1) is 0 Å². The van der Waals surface area contributed by atoms with Crippen LogP contribution in [0.2, 0.25) is 0 Å². The van der Waals surface area contributed by atoms with Crippen LogP contribution in [-0.4, -0.2) is 26.0 Å². The molecule has 2 aromatic carbocycles. The molecule has 0 spiro atoms. The highest BCUT2D eigenvalue weighted by Crippen LogP contribution is 2.30. The van der Waals surface area contributed by atoms with Gasteiger partial charge in [0.2, 0.25) is 0 Å². The molecule has 2 amide bonds. The minimum atomic E-state index is -0.712. The number of nitrogens with one attached hydrogen (secondary N) is 2. The number of rotatable bonds is 5. The maximum Gasteiger partial charge on any atom is 0.313 e. The second-order valence-corrected chi connectivity index (χ2v) is 7.59. The molecule has 0 aliphatic carbocycles. The summed E-state index contributed by atoms with van der Waals surface area (Å²) >= 11 is 0. The number of benzene rings is 2. The number of hydrogen-bond acceptors (Lipinski definition) is 4. The zero-order chi connectivity index (χ0) is 20.9. The summed E-state index contributed by atoms with van der Waals surface area (Å²) in [6.07, 6.45) is 0. The van der Waals surface area contributed by atoms with Crippen LogP contribution in [0.1, 0.15) is 44.9 Å². The summed E-state index contributed by atoms with van der Waals surface area (Å²) in [5.41, 5.74) is 2.55. The highest BCUT2D eigenvalue weighted by atomic mass is 16.5. The Bertz CT molecular complexity index is 839. The fourth-order valence-electron chi connectivity index (χ4n) is 2.71. The largest absolute Gasteiger partial charge is 0.493 e. The first kappa shape index (κ1) is 21.3. The zero-order valence-electron chi connectivity index (χ0n) is 17.3. The minimum absolute atomic E-state index is 0.0226. The van der Waals surface area contributed by atoms with Crippen molar-refractivity contribution in [3.63, 3.8) is 0 Å². The molecule has 0 heterocycles. The lowest BCUT2D eigenvalue weighted by atomic mass is 9.87. The van der Waals surface area contributed by atoms with Crippen LogP contribution in [0.15, 0.2) is 42.5 Å². The Balaban J connectivity index is 2.01. The van der Waals surface area contributed by atoms with Gasteiger partial charge in [0.15, 0.2) is 11.5 Å². The summed E-state index contributed by atoms with van der Waals surface area (Å²) in [6.45, 7) is 8.14. The molecule has 0 fully saturated rings. The Kier molecular flexibility index (Phi) is 6.67. The van der Waals surface area contributed by atoms with Crippen molar-refractivity contribution in [2.75, 3.05) is 19.5 Å². The molecule has 28 heavy (non-hydrogen) atoms. The lowest BCUT2D eigenvalue weighted by Gasteiger charge is -2.19. The van der Waals surface area contributed by atoms with Gasteiger partial charge in [0, 0.05) is 5.69 Å². The molecule has 2 N–H and O–H groups in total. The van der Waals surface area contributed by atoms with Crippen LogP contribution in [-0.2, 0) is 15.0 Å². The molecule has 0 radical (unpaired) electrons. The van der Waals surface area contributed by atoms with Gasteiger partial charge >= 0.3 is 11.8 Å². The molecule has 6 nitrogen and oxygen atoms in total. The quantitative estimate of drug-likeness (QED) is 0.769. The minimum Gasteiger partial charge on any atom is -0.493 e. The molecule has 0 saturated heterocycles. The van der Waals surface area contributed by atoms with Gasteiger partial charge in [-0.05, 0) is 47.7 Å². The number of amides is 2. The van der Waals surface area contributed by atoms with E-state index in [4.69, 9.17) is 9.47 Å². The lowest BCUT2D eigenvalue weighted by molar-refractivity contribution is -0.136. The van der Waals surface area contributed by atoms with Gasteiger partial charge in [-0.25, -0.2) is 0 Å². The summed E-state index contributed by atoms with van der Waals surface area (Å²) in [5.74, 6) is -0.260. The number of carbonyl (C=O) groups excluding carboxylic acids is 2. The van der Waals surface area contributed by atoms with E-state index in [1.807, 2.05) is 18.2 Å². The van der Waals surface area contributed by atoms with Crippen molar-refractivity contribution in [1.29, 1.82) is 0 Å². The van der Waals surface area contributed by atoms with E-state index in [0.717, 1.165) is 11.1 Å². The van der Waals surface area contributed by atoms with E-state index in [1.54, 1.807) is 45.4 Å². The average molecular weight is 384 g/mol. The third kappa shape index (κ3) is 5.25. The van der Waals surface area contributed by atoms with Gasteiger partial charge in [0.05, 0.1) is 20.3 Å². The molecule has 0 saturated carbocycles. The first-order valence-corrected chi connectivity index (χ1v) is 9.10. The predicted molar refractivity (Wildman–Crippen MR) is 110 cm³/mol. The second-order valence-electron chi connectivity index (χ2n) is 7.59. The summed E-state index contributed by atoms with van der Waals surface area (Å²) in [4.78, 5) is 24.5. The van der Waals surface area contributed by atoms with Crippen molar-refractivity contribution in [3.05, 3.63) is 53.6 Å². The van der Waals surface area contributed by atoms with Crippen molar-refractivity contribution in [3.8, 4) is 11.5 Å². The average Bonchev–Trinajstić information content (AvgIpc) is 2.66. The monoisotopic (exact) mass is 384 g/mol. The Labute approximate surface area is 166 Å². The van der Waals surface area contributed by atoms with Crippen LogP contribution in [0.3, 0.4) is 0 Å². The molecule has 0 aliphatic heterocycles. The Morgan fingerprint density at radius 1 is 0.893 bits per heavy atom. The molecule has 0 aromatic heterocycles. The smallest absolute Gasteiger partial charge is 0.313 e. The predicted octanol–water partition coefficient (Wildman–Crippen LogP) is 3.82. The summed E-state index contributed by atoms with van der Waals surface area (Å²) in [5, 5.41) is 5.32. The number of ether oxygens (including phenoxy) is 2. The Hall–Kier alpha value is -3.02. The van der Waals surface area contributed by atoms with E-state index in [-0.39, 0.29) is 11.5 Å². The fraction of sp³-hybridized carbons (Fsp3) is 0.364. The maximum atomic E-state index is 12.3. The normalized spacial score (nSPS) is 12.1. The number of hydrogen-bond donors (Lipinski definition) is 2. The van der Waals surface area contributed by atoms with Crippen LogP contribution in [0.5, 0.6) is 11.5 Å². The van der Waals surface area contributed by atoms with E-state index in [0.29, 0.717) is 17.2 Å². The first-order valence-electron chi connectivity index (χ1n) is 9.10. The SMILES string of the molecule is COc1ccc(C(C)NC(=O)C(=O)Nc2ccc(C(C)(C)C)cc2)cc1OC. The van der Waals surface area contributed by atoms with Crippen molar-refractivity contribution in [2.24, 2.45) is 0 Å². The van der Waals surface area contributed by atoms with Crippen molar-refractivity contribution >= 4 is 17.5 Å². The Morgan fingerprint density at radius 2 is 1.50 bits per heavy atom. The summed E-state index contributed by atoms with van der Waals surface area (Å²) < 4.78 is 10.5. The maximum absolute atomic E-state index is 12.3. The lowest BCUT2D eigenvalue weighted by Crippen LogP contribution is -2.36. The van der Waals surface area contributed by atoms with Gasteiger partial charge in [-0.1, -0.05) is 39.0 Å². The summed E-state index contributed by atoms with van der Waals surface area (Å²) in [7, 11) is 3.10. The van der Waals surface area contributed by atoms with Gasteiger partial charge < -0.3 is 20.1 Å². The second kappa shape index (κ2) is 8.78. The van der Waals surface area contributed by atoms with Crippen LogP contribution >= 0.6 is 0 Å². The highest BCUT2D eigenvalue weighted by Gasteiger charge is 2.19. The summed E-state index contributed by atoms with van der Waals surface area (Å²) in [6, 6.07) is 12.4. The molecule has 2 aromatic rings. The van der Waals surface area contributed by atoms with Gasteiger partial charge in [-0.3, -0.25) is 9.59 Å². The van der Waals surface area contributed by atoms with Crippen molar-refractivity contribution in [1.82, 2.24) is 5.32 Å². The van der Waals surface area contributed by atoms with Crippen molar-refractivity contribution in [2.45, 2.75) is 39.2 Å². The molecule has 1 unspecified atom stereocenters. The van der Waals surface area contributed by atoms with E-state index in [2.05, 4.69) is 31.4 Å². The van der Waals surface area contributed by atoms with Crippen LogP contribution in [0.25, 0.3) is 0 Å². The van der Waals surface area contributed by atoms with E-state index >= 15 is 0 Å². The number of anilines is 1. The van der Waals surface area contributed by atoms with Gasteiger partial charge in [0.25, 0.3) is 0 Å². The fourth-order valence-corrected chi connectivity index (χ4v) is 2.71. The van der Waals surface area contributed by atoms with E-state index < -0.39 is 11.8 Å². The third-order valence-electron chi connectivity index (χ3n) is 4.47. The van der Waals surface area contributed by atoms with E-state index in [9.17, 15) is 9.59 Å². The van der Waals surface area contributed by atoms with Crippen molar-refractivity contribution < 1.29 is 19.1 Å². The molecule has 1 atom stereocenters. The standard InChI is InChI=1S/C22H28N2O4/c1-14(15-7-12-18(27-5)19(13-15)28-6)23-20(25)21(26)24-17-10-8-16(9-11-17)22(2,3)4/h7-14H,1-6H3,(H,23,25)(H,24,26). The molecule has 2 rings (SSSR count). The van der Waals surface area contributed by atoms with E-state index in [1.165, 1.54) is 0 Å². The zero-order valence-corrected chi connectivity index (χ0v) is 17.3. The molecular weight excluding hydrogens is 356 g/mol. The molecule has 150 valence electrons. The van der Waals surface area contributed by atoms with Crippen LogP contribution in [0, 0.1) is 0 Å². The Morgan fingerprint density at radius 3 is 2.04 bits per heavy atom. The van der Waals surface area contributed by atoms with Gasteiger partial charge in [0.1, 0.15) is 0 Å². The topological polar surface area (TPSA) is 76.7 Å². The number of methoxy groups -OCH3 is 2. The highest BCUT2D eigenvalue weighted by molar-refractivity contribution is 6.39. The number of carbonyl (C=O) groups is 2.